The molecule has 0 bridgehead atoms. The van der Waals surface area contributed by atoms with Crippen molar-refractivity contribution in [3.8, 4) is 5.69 Å². The SMILES string of the molecule is OCCN1C(=S)N[C@H](c2ccccn2)[C@@H]1c1cccn1-c1ccc(Br)cc1. The number of β-amino-alcohol motifs (C(OH)–C–C–N with tert-alkyl or cyclic N) is 1. The first-order valence-electron chi connectivity index (χ1n) is 8.71. The monoisotopic (exact) mass is 442 g/mol. The average Bonchev–Trinajstić information content (AvgIpc) is 3.28. The van der Waals surface area contributed by atoms with Gasteiger partial charge in [0, 0.05) is 34.8 Å². The Kier molecular flexibility index (Phi) is 5.24. The molecule has 27 heavy (non-hydrogen) atoms. The van der Waals surface area contributed by atoms with Crippen molar-refractivity contribution in [3.63, 3.8) is 0 Å². The molecule has 4 rings (SSSR count). The maximum Gasteiger partial charge on any atom is 0.170 e. The third-order valence-corrected chi connectivity index (χ3v) is 5.61. The van der Waals surface area contributed by atoms with Crippen LogP contribution >= 0.6 is 28.1 Å². The number of aliphatic hydroxyl groups excluding tert-OH is 1. The fourth-order valence-corrected chi connectivity index (χ4v) is 4.14. The zero-order valence-electron chi connectivity index (χ0n) is 14.5. The maximum absolute atomic E-state index is 9.58. The van der Waals surface area contributed by atoms with Crippen LogP contribution in [-0.4, -0.2) is 37.8 Å². The van der Waals surface area contributed by atoms with Crippen LogP contribution in [0.4, 0.5) is 0 Å². The highest BCUT2D eigenvalue weighted by Crippen LogP contribution is 2.39. The lowest BCUT2D eigenvalue weighted by Crippen LogP contribution is -2.32. The number of nitrogens with one attached hydrogen (secondary N) is 1. The van der Waals surface area contributed by atoms with Gasteiger partial charge in [0.25, 0.3) is 0 Å². The standard InChI is InChI=1S/C20H19BrN4OS/c21-14-6-8-15(9-7-14)24-11-3-5-17(24)19-18(16-4-1-2-10-22-16)23-20(27)25(19)12-13-26/h1-11,18-19,26H,12-13H2,(H,23,27)/t18-,19+/m1/s1. The Morgan fingerprint density at radius 1 is 1.11 bits per heavy atom. The molecule has 1 saturated heterocycles. The van der Waals surface area contributed by atoms with E-state index in [1.54, 1.807) is 6.20 Å². The van der Waals surface area contributed by atoms with Crippen LogP contribution in [-0.2, 0) is 0 Å². The lowest BCUT2D eigenvalue weighted by atomic mass is 10.0. The Balaban J connectivity index is 1.80. The molecule has 3 aromatic rings. The largest absolute Gasteiger partial charge is 0.395 e. The van der Waals surface area contributed by atoms with Gasteiger partial charge in [-0.05, 0) is 60.7 Å². The first-order chi connectivity index (χ1) is 13.2. The van der Waals surface area contributed by atoms with Crippen molar-refractivity contribution in [2.45, 2.75) is 12.1 Å². The average molecular weight is 443 g/mol. The van der Waals surface area contributed by atoms with Crippen LogP contribution in [0, 0.1) is 0 Å². The van der Waals surface area contributed by atoms with Gasteiger partial charge in [0.1, 0.15) is 0 Å². The van der Waals surface area contributed by atoms with Crippen LogP contribution in [0.15, 0.2) is 71.5 Å². The van der Waals surface area contributed by atoms with E-state index in [1.807, 2.05) is 47.5 Å². The maximum atomic E-state index is 9.58. The summed E-state index contributed by atoms with van der Waals surface area (Å²) in [4.78, 5) is 6.58. The molecule has 3 heterocycles. The summed E-state index contributed by atoms with van der Waals surface area (Å²) in [6.45, 7) is 0.498. The predicted octanol–water partition coefficient (Wildman–Crippen LogP) is 3.60. The minimum atomic E-state index is -0.0886. The summed E-state index contributed by atoms with van der Waals surface area (Å²) in [7, 11) is 0. The molecule has 1 aromatic carbocycles. The zero-order chi connectivity index (χ0) is 18.8. The van der Waals surface area contributed by atoms with E-state index in [2.05, 4.69) is 49.0 Å². The Labute approximate surface area is 171 Å². The number of hydrogen-bond donors (Lipinski definition) is 2. The highest BCUT2D eigenvalue weighted by molar-refractivity contribution is 9.10. The molecule has 7 heteroatoms. The minimum absolute atomic E-state index is 0.0340. The number of benzene rings is 1. The minimum Gasteiger partial charge on any atom is -0.395 e. The van der Waals surface area contributed by atoms with Crippen molar-refractivity contribution in [2.24, 2.45) is 0 Å². The van der Waals surface area contributed by atoms with Gasteiger partial charge in [0.2, 0.25) is 0 Å². The van der Waals surface area contributed by atoms with E-state index in [0.29, 0.717) is 11.7 Å². The third-order valence-electron chi connectivity index (χ3n) is 4.73. The first kappa shape index (κ1) is 18.2. The lowest BCUT2D eigenvalue weighted by Gasteiger charge is -2.28. The van der Waals surface area contributed by atoms with Gasteiger partial charge in [-0.25, -0.2) is 0 Å². The highest BCUT2D eigenvalue weighted by Gasteiger charge is 2.40. The van der Waals surface area contributed by atoms with Crippen LogP contribution in [0.2, 0.25) is 0 Å². The van der Waals surface area contributed by atoms with E-state index in [0.717, 1.165) is 21.5 Å². The second-order valence-electron chi connectivity index (χ2n) is 6.32. The van der Waals surface area contributed by atoms with Gasteiger partial charge in [-0.2, -0.15) is 0 Å². The van der Waals surface area contributed by atoms with E-state index in [-0.39, 0.29) is 18.7 Å². The van der Waals surface area contributed by atoms with Crippen LogP contribution in [0.3, 0.4) is 0 Å². The quantitative estimate of drug-likeness (QED) is 0.591. The van der Waals surface area contributed by atoms with Crippen LogP contribution in [0.5, 0.6) is 0 Å². The highest BCUT2D eigenvalue weighted by atomic mass is 79.9. The van der Waals surface area contributed by atoms with Gasteiger partial charge >= 0.3 is 0 Å². The number of halogens is 1. The van der Waals surface area contributed by atoms with Crippen molar-refractivity contribution < 1.29 is 5.11 Å². The summed E-state index contributed by atoms with van der Waals surface area (Å²) < 4.78 is 3.20. The molecule has 0 radical (unpaired) electrons. The van der Waals surface area contributed by atoms with Crippen LogP contribution in [0.1, 0.15) is 23.5 Å². The first-order valence-corrected chi connectivity index (χ1v) is 9.91. The van der Waals surface area contributed by atoms with E-state index in [1.165, 1.54) is 0 Å². The second-order valence-corrected chi connectivity index (χ2v) is 7.63. The summed E-state index contributed by atoms with van der Waals surface area (Å²) in [6.07, 6.45) is 3.84. The summed E-state index contributed by atoms with van der Waals surface area (Å²) >= 11 is 9.06. The summed E-state index contributed by atoms with van der Waals surface area (Å²) in [5.41, 5.74) is 3.09. The Morgan fingerprint density at radius 3 is 2.63 bits per heavy atom. The van der Waals surface area contributed by atoms with Crippen molar-refractivity contribution in [3.05, 3.63) is 82.9 Å². The second kappa shape index (κ2) is 7.80. The third kappa shape index (κ3) is 3.50. The van der Waals surface area contributed by atoms with Gasteiger partial charge in [-0.3, -0.25) is 4.98 Å². The summed E-state index contributed by atoms with van der Waals surface area (Å²) in [5.74, 6) is 0. The molecule has 0 spiro atoms. The molecule has 0 saturated carbocycles. The van der Waals surface area contributed by atoms with Gasteiger partial charge in [0.15, 0.2) is 5.11 Å². The Hall–Kier alpha value is -2.22. The molecular formula is C20H19BrN4OS. The van der Waals surface area contributed by atoms with E-state index in [4.69, 9.17) is 12.2 Å². The van der Waals surface area contributed by atoms with Gasteiger partial charge in [0.05, 0.1) is 24.4 Å². The van der Waals surface area contributed by atoms with Crippen molar-refractivity contribution >= 4 is 33.3 Å². The van der Waals surface area contributed by atoms with Crippen molar-refractivity contribution in [1.29, 1.82) is 0 Å². The molecule has 1 aliphatic heterocycles. The van der Waals surface area contributed by atoms with Crippen LogP contribution in [0.25, 0.3) is 5.69 Å². The molecule has 0 unspecified atom stereocenters. The van der Waals surface area contributed by atoms with E-state index in [9.17, 15) is 5.11 Å². The fraction of sp³-hybridized carbons (Fsp3) is 0.200. The normalized spacial score (nSPS) is 19.3. The van der Waals surface area contributed by atoms with Crippen molar-refractivity contribution in [1.82, 2.24) is 19.8 Å². The molecule has 1 fully saturated rings. The molecule has 1 aliphatic rings. The lowest BCUT2D eigenvalue weighted by molar-refractivity contribution is 0.220. The molecular weight excluding hydrogens is 424 g/mol. The Morgan fingerprint density at radius 2 is 1.93 bits per heavy atom. The molecule has 0 aliphatic carbocycles. The number of rotatable bonds is 5. The molecule has 138 valence electrons. The van der Waals surface area contributed by atoms with Gasteiger partial charge in [-0.15, -0.1) is 0 Å². The predicted molar refractivity (Wildman–Crippen MR) is 113 cm³/mol. The van der Waals surface area contributed by atoms with Crippen molar-refractivity contribution in [2.75, 3.05) is 13.2 Å². The summed E-state index contributed by atoms with van der Waals surface area (Å²) in [6, 6.07) is 18.1. The number of hydrogen-bond acceptors (Lipinski definition) is 3. The molecule has 2 N–H and O–H groups in total. The number of aliphatic hydroxyl groups is 1. The van der Waals surface area contributed by atoms with E-state index >= 15 is 0 Å². The molecule has 0 amide bonds. The summed E-state index contributed by atoms with van der Waals surface area (Å²) in [5, 5.41) is 13.6. The number of nitrogens with zero attached hydrogens (tertiary/aromatic N) is 3. The molecule has 2 atom stereocenters. The van der Waals surface area contributed by atoms with Gasteiger partial charge < -0.3 is 19.9 Å². The van der Waals surface area contributed by atoms with E-state index < -0.39 is 0 Å². The number of thiocarbonyl (C=S) groups is 1. The Bertz CT molecular complexity index is 929. The topological polar surface area (TPSA) is 53.3 Å². The molecule has 5 nitrogen and oxygen atoms in total. The van der Waals surface area contributed by atoms with Gasteiger partial charge in [-0.1, -0.05) is 22.0 Å². The smallest absolute Gasteiger partial charge is 0.170 e. The van der Waals surface area contributed by atoms with Crippen LogP contribution < -0.4 is 5.32 Å². The molecule has 2 aromatic heterocycles. The number of pyridine rings is 1. The fourth-order valence-electron chi connectivity index (χ4n) is 3.55. The zero-order valence-corrected chi connectivity index (χ0v) is 16.9. The number of aromatic nitrogens is 2.